The highest BCUT2D eigenvalue weighted by Crippen LogP contribution is 2.28. The van der Waals surface area contributed by atoms with Gasteiger partial charge < -0.3 is 24.6 Å². The van der Waals surface area contributed by atoms with Gasteiger partial charge in [-0.2, -0.15) is 0 Å². The summed E-state index contributed by atoms with van der Waals surface area (Å²) in [6, 6.07) is 5.10. The van der Waals surface area contributed by atoms with Crippen molar-refractivity contribution in [2.24, 2.45) is 10.9 Å². The van der Waals surface area contributed by atoms with Crippen LogP contribution in [0.3, 0.4) is 0 Å². The van der Waals surface area contributed by atoms with E-state index in [2.05, 4.69) is 24.9 Å². The lowest BCUT2D eigenvalue weighted by Crippen LogP contribution is -2.30. The molecule has 35 heavy (non-hydrogen) atoms. The van der Waals surface area contributed by atoms with Crippen LogP contribution in [0.4, 0.5) is 5.69 Å². The SMILES string of the molecule is CCCC(O)CC(O)CC(=O)CCc1ccc(O)c(OCn2cc3c(c2=CCC(C)C)=CC=N3)c1. The average Bonchev–Trinajstić information content (AvgIpc) is 3.37. The normalized spacial score (nSPS) is 14.7. The highest BCUT2D eigenvalue weighted by Gasteiger charge is 2.16. The molecule has 0 amide bonds. The lowest BCUT2D eigenvalue weighted by atomic mass is 10.00. The van der Waals surface area contributed by atoms with Crippen molar-refractivity contribution in [2.45, 2.75) is 84.7 Å². The summed E-state index contributed by atoms with van der Waals surface area (Å²) in [5.74, 6) is 0.871. The number of aromatic nitrogens is 1. The minimum absolute atomic E-state index is 0.0374. The number of aliphatic imine (C=N–C) groups is 1. The Hall–Kier alpha value is -2.90. The fourth-order valence-corrected chi connectivity index (χ4v) is 4.19. The summed E-state index contributed by atoms with van der Waals surface area (Å²) in [6.07, 6.45) is 9.94. The molecule has 1 aromatic heterocycles. The molecule has 1 aliphatic heterocycles. The maximum absolute atomic E-state index is 12.3. The predicted octanol–water partition coefficient (Wildman–Crippen LogP) is 3.36. The molecular weight excluding hydrogens is 444 g/mol. The molecule has 3 N–H and O–H groups in total. The number of aromatic hydroxyl groups is 1. The zero-order chi connectivity index (χ0) is 25.4. The minimum Gasteiger partial charge on any atom is -0.504 e. The Morgan fingerprint density at radius 2 is 2.03 bits per heavy atom. The Kier molecular flexibility index (Phi) is 9.69. The predicted molar refractivity (Wildman–Crippen MR) is 138 cm³/mol. The number of nitrogens with zero attached hydrogens (tertiary/aromatic N) is 2. The molecule has 0 bridgehead atoms. The Morgan fingerprint density at radius 1 is 1.23 bits per heavy atom. The number of rotatable bonds is 14. The topological polar surface area (TPSA) is 104 Å². The smallest absolute Gasteiger partial charge is 0.165 e. The molecule has 7 heteroatoms. The highest BCUT2D eigenvalue weighted by molar-refractivity contribution is 5.96. The van der Waals surface area contributed by atoms with Crippen molar-refractivity contribution in [3.05, 3.63) is 40.5 Å². The van der Waals surface area contributed by atoms with Gasteiger partial charge in [-0.15, -0.1) is 0 Å². The van der Waals surface area contributed by atoms with Crippen LogP contribution >= 0.6 is 0 Å². The number of Topliss-reactive ketones (excluding diaryl/α,β-unsaturated/α-hetero) is 1. The molecule has 0 saturated heterocycles. The molecule has 2 unspecified atom stereocenters. The standard InChI is InChI=1S/C28H38N2O5/c1-4-5-21(31)15-23(33)16-22(32)9-7-20-8-11-27(34)28(14-20)35-18-30-17-25-24(12-13-29-25)26(30)10-6-19(2)3/h8,10-14,17,19,21,23,31,33-34H,4-7,9,15-16,18H2,1-3H3. The van der Waals surface area contributed by atoms with E-state index in [-0.39, 0.29) is 37.5 Å². The van der Waals surface area contributed by atoms with Crippen LogP contribution in [0, 0.1) is 5.92 Å². The van der Waals surface area contributed by atoms with E-state index in [1.807, 2.05) is 23.8 Å². The van der Waals surface area contributed by atoms with Crippen LogP contribution < -0.4 is 15.3 Å². The third kappa shape index (κ3) is 7.80. The van der Waals surface area contributed by atoms with Gasteiger partial charge in [0.1, 0.15) is 5.78 Å². The summed E-state index contributed by atoms with van der Waals surface area (Å²) >= 11 is 0. The first-order valence-electron chi connectivity index (χ1n) is 12.5. The largest absolute Gasteiger partial charge is 0.504 e. The van der Waals surface area contributed by atoms with E-state index in [0.717, 1.165) is 34.7 Å². The second-order valence-electron chi connectivity index (χ2n) is 9.71. The van der Waals surface area contributed by atoms with Crippen LogP contribution in [0.2, 0.25) is 0 Å². The molecule has 2 aromatic rings. The van der Waals surface area contributed by atoms with Gasteiger partial charge in [-0.25, -0.2) is 0 Å². The summed E-state index contributed by atoms with van der Waals surface area (Å²) in [5, 5.41) is 32.3. The van der Waals surface area contributed by atoms with Gasteiger partial charge in [-0.05, 0) is 55.4 Å². The first kappa shape index (κ1) is 26.7. The fraction of sp³-hybridized carbons (Fsp3) is 0.500. The van der Waals surface area contributed by atoms with E-state index in [1.54, 1.807) is 24.4 Å². The second kappa shape index (κ2) is 12.7. The van der Waals surface area contributed by atoms with Crippen LogP contribution in [0.15, 0.2) is 29.4 Å². The molecular formula is C28H38N2O5. The molecule has 0 saturated carbocycles. The summed E-state index contributed by atoms with van der Waals surface area (Å²) in [4.78, 5) is 16.7. The quantitative estimate of drug-likeness (QED) is 0.383. The number of aliphatic hydroxyl groups excluding tert-OH is 2. The number of aliphatic hydroxyl groups is 2. The Morgan fingerprint density at radius 3 is 2.77 bits per heavy atom. The van der Waals surface area contributed by atoms with Crippen molar-refractivity contribution in [1.82, 2.24) is 4.57 Å². The number of aryl methyl sites for hydroxylation is 1. The van der Waals surface area contributed by atoms with Crippen LogP contribution in [0.5, 0.6) is 11.5 Å². The van der Waals surface area contributed by atoms with Crippen LogP contribution in [-0.2, 0) is 17.9 Å². The van der Waals surface area contributed by atoms with E-state index in [1.165, 1.54) is 0 Å². The molecule has 2 atom stereocenters. The van der Waals surface area contributed by atoms with Gasteiger partial charge in [0.2, 0.25) is 0 Å². The second-order valence-corrected chi connectivity index (χ2v) is 9.71. The van der Waals surface area contributed by atoms with Gasteiger partial charge in [0.05, 0.1) is 17.9 Å². The Bertz CT molecular complexity index is 1150. The van der Waals surface area contributed by atoms with E-state index in [0.29, 0.717) is 24.5 Å². The lowest BCUT2D eigenvalue weighted by molar-refractivity contribution is -0.121. The third-order valence-corrected chi connectivity index (χ3v) is 6.08. The van der Waals surface area contributed by atoms with Crippen LogP contribution in [0.1, 0.15) is 64.9 Å². The van der Waals surface area contributed by atoms with Gasteiger partial charge >= 0.3 is 0 Å². The van der Waals surface area contributed by atoms with E-state index >= 15 is 0 Å². The van der Waals surface area contributed by atoms with Crippen molar-refractivity contribution in [3.8, 4) is 11.5 Å². The maximum Gasteiger partial charge on any atom is 0.165 e. The number of carbonyl (C=O) groups is 1. The Balaban J connectivity index is 1.60. The van der Waals surface area contributed by atoms with Gasteiger partial charge in [-0.3, -0.25) is 9.79 Å². The van der Waals surface area contributed by atoms with Crippen LogP contribution in [0.25, 0.3) is 12.2 Å². The molecule has 7 nitrogen and oxygen atoms in total. The minimum atomic E-state index is -0.825. The first-order valence-corrected chi connectivity index (χ1v) is 12.5. The third-order valence-electron chi connectivity index (χ3n) is 6.08. The molecule has 190 valence electrons. The number of phenols is 1. The van der Waals surface area contributed by atoms with Crippen molar-refractivity contribution in [1.29, 1.82) is 0 Å². The fourth-order valence-electron chi connectivity index (χ4n) is 4.19. The lowest BCUT2D eigenvalue weighted by Gasteiger charge is -2.14. The van der Waals surface area contributed by atoms with Crippen molar-refractivity contribution in [3.63, 3.8) is 0 Å². The van der Waals surface area contributed by atoms with Crippen molar-refractivity contribution < 1.29 is 24.9 Å². The van der Waals surface area contributed by atoms with E-state index in [9.17, 15) is 20.1 Å². The van der Waals surface area contributed by atoms with Crippen LogP contribution in [-0.4, -0.2) is 44.1 Å². The molecule has 1 aliphatic rings. The molecule has 0 aliphatic carbocycles. The Labute approximate surface area is 207 Å². The number of hydrogen-bond acceptors (Lipinski definition) is 6. The monoisotopic (exact) mass is 482 g/mol. The van der Waals surface area contributed by atoms with E-state index < -0.39 is 12.2 Å². The number of carbonyl (C=O) groups excluding carboxylic acids is 1. The number of benzene rings is 1. The van der Waals surface area contributed by atoms with Gasteiger partial charge in [-0.1, -0.05) is 39.3 Å². The number of ether oxygens (including phenoxy) is 1. The number of phenolic OH excluding ortho intramolecular Hbond substituents is 1. The molecule has 2 heterocycles. The zero-order valence-corrected chi connectivity index (χ0v) is 21.0. The first-order chi connectivity index (χ1) is 16.8. The molecule has 0 fully saturated rings. The molecule has 0 radical (unpaired) electrons. The number of ketones is 1. The van der Waals surface area contributed by atoms with Gasteiger partial charge in [0.25, 0.3) is 0 Å². The van der Waals surface area contributed by atoms with Crippen molar-refractivity contribution in [2.75, 3.05) is 0 Å². The summed E-state index contributed by atoms with van der Waals surface area (Å²) < 4.78 is 7.95. The van der Waals surface area contributed by atoms with Crippen molar-refractivity contribution >= 4 is 29.8 Å². The van der Waals surface area contributed by atoms with E-state index in [4.69, 9.17) is 4.74 Å². The summed E-state index contributed by atoms with van der Waals surface area (Å²) in [6.45, 7) is 6.54. The average molecular weight is 483 g/mol. The van der Waals surface area contributed by atoms with Gasteiger partial charge in [0, 0.05) is 35.8 Å². The molecule has 1 aromatic carbocycles. The summed E-state index contributed by atoms with van der Waals surface area (Å²) in [7, 11) is 0. The summed E-state index contributed by atoms with van der Waals surface area (Å²) in [5.41, 5.74) is 1.77. The number of fused-ring (bicyclic) bond motifs is 1. The molecule has 3 rings (SSSR count). The number of hydrogen-bond donors (Lipinski definition) is 3. The van der Waals surface area contributed by atoms with Gasteiger partial charge in [0.15, 0.2) is 18.2 Å². The molecule has 0 spiro atoms. The zero-order valence-electron chi connectivity index (χ0n) is 21.0. The highest BCUT2D eigenvalue weighted by atomic mass is 16.5. The maximum atomic E-state index is 12.3.